The van der Waals surface area contributed by atoms with Crippen LogP contribution in [0.3, 0.4) is 0 Å². The first-order chi connectivity index (χ1) is 15.8. The second kappa shape index (κ2) is 6.52. The van der Waals surface area contributed by atoms with E-state index < -0.39 is 0 Å². The van der Waals surface area contributed by atoms with E-state index in [9.17, 15) is 0 Å². The van der Waals surface area contributed by atoms with Crippen LogP contribution in [0.25, 0.3) is 65.9 Å². The van der Waals surface area contributed by atoms with Gasteiger partial charge in [0.1, 0.15) is 16.6 Å². The van der Waals surface area contributed by atoms with Crippen molar-refractivity contribution in [2.45, 2.75) is 0 Å². The van der Waals surface area contributed by atoms with Crippen LogP contribution in [0.1, 0.15) is 0 Å². The fourth-order valence-electron chi connectivity index (χ4n) is 4.65. The van der Waals surface area contributed by atoms with Gasteiger partial charge in [0.15, 0.2) is 0 Å². The van der Waals surface area contributed by atoms with Gasteiger partial charge in [-0.1, -0.05) is 78.3 Å². The van der Waals surface area contributed by atoms with Gasteiger partial charge in [-0.05, 0) is 46.2 Å². The second-order valence-corrected chi connectivity index (χ2v) is 8.43. The van der Waals surface area contributed by atoms with Crippen LogP contribution in [-0.2, 0) is 0 Å². The summed E-state index contributed by atoms with van der Waals surface area (Å²) in [5, 5.41) is 6.18. The maximum Gasteiger partial charge on any atom is 0.246 e. The first-order valence-electron chi connectivity index (χ1n) is 10.5. The van der Waals surface area contributed by atoms with Crippen LogP contribution >= 0.6 is 11.6 Å². The van der Waals surface area contributed by atoms with E-state index >= 15 is 0 Å². The largest absolute Gasteiger partial charge is 0.436 e. The number of halogens is 1. The molecule has 5 aromatic carbocycles. The van der Waals surface area contributed by atoms with Gasteiger partial charge in [-0.3, -0.25) is 0 Å². The molecule has 4 heteroatoms. The van der Waals surface area contributed by atoms with Crippen LogP contribution in [0.15, 0.2) is 95.4 Å². The van der Waals surface area contributed by atoms with Crippen molar-refractivity contribution in [1.29, 1.82) is 0 Å². The number of aromatic nitrogens is 2. The maximum absolute atomic E-state index is 6.21. The molecular weight excluding hydrogens is 416 g/mol. The third-order valence-electron chi connectivity index (χ3n) is 6.12. The van der Waals surface area contributed by atoms with Crippen LogP contribution in [0.5, 0.6) is 0 Å². The van der Waals surface area contributed by atoms with Crippen molar-refractivity contribution in [3.63, 3.8) is 0 Å². The van der Waals surface area contributed by atoms with E-state index in [1.165, 1.54) is 10.8 Å². The SMILES string of the molecule is Clc1cccc(-c2ccc3oc4nc5c6ccccc6c6ccccc6c5nc4c3c2)c1. The predicted octanol–water partition coefficient (Wildman–Crippen LogP) is 8.16. The van der Waals surface area contributed by atoms with Crippen LogP contribution in [0, 0.1) is 0 Å². The smallest absolute Gasteiger partial charge is 0.246 e. The van der Waals surface area contributed by atoms with Crippen molar-refractivity contribution in [3.8, 4) is 11.1 Å². The molecule has 0 amide bonds. The molecule has 0 N–H and O–H groups in total. The topological polar surface area (TPSA) is 38.9 Å². The van der Waals surface area contributed by atoms with Gasteiger partial charge in [-0.2, -0.15) is 0 Å². The molecule has 0 aliphatic carbocycles. The highest BCUT2D eigenvalue weighted by Crippen LogP contribution is 2.37. The Hall–Kier alpha value is -3.95. The highest BCUT2D eigenvalue weighted by Gasteiger charge is 2.16. The Morgan fingerprint density at radius 2 is 1.19 bits per heavy atom. The summed E-state index contributed by atoms with van der Waals surface area (Å²) in [5.74, 6) is 0. The molecule has 0 atom stereocenters. The zero-order chi connectivity index (χ0) is 21.2. The Bertz CT molecular complexity index is 1850. The lowest BCUT2D eigenvalue weighted by atomic mass is 9.99. The summed E-state index contributed by atoms with van der Waals surface area (Å²) in [7, 11) is 0. The molecule has 7 aromatic rings. The van der Waals surface area contributed by atoms with E-state index in [0.29, 0.717) is 10.7 Å². The molecular formula is C28H15ClN2O. The van der Waals surface area contributed by atoms with E-state index in [4.69, 9.17) is 26.0 Å². The number of fused-ring (bicyclic) bond motifs is 9. The van der Waals surface area contributed by atoms with Gasteiger partial charge < -0.3 is 4.42 Å². The molecule has 0 unspecified atom stereocenters. The van der Waals surface area contributed by atoms with Crippen LogP contribution in [0.4, 0.5) is 0 Å². The van der Waals surface area contributed by atoms with Crippen molar-refractivity contribution < 1.29 is 4.42 Å². The van der Waals surface area contributed by atoms with Crippen molar-refractivity contribution in [1.82, 2.24) is 9.97 Å². The number of hydrogen-bond donors (Lipinski definition) is 0. The summed E-state index contributed by atoms with van der Waals surface area (Å²) in [5.41, 5.74) is 5.97. The molecule has 0 bridgehead atoms. The van der Waals surface area contributed by atoms with Gasteiger partial charge >= 0.3 is 0 Å². The Morgan fingerprint density at radius 1 is 0.531 bits per heavy atom. The summed E-state index contributed by atoms with van der Waals surface area (Å²) in [6, 6.07) is 30.7. The fraction of sp³-hybridized carbons (Fsp3) is 0. The number of furan rings is 1. The molecule has 32 heavy (non-hydrogen) atoms. The average molecular weight is 431 g/mol. The highest BCUT2D eigenvalue weighted by molar-refractivity contribution is 6.31. The number of benzene rings is 5. The monoisotopic (exact) mass is 430 g/mol. The molecule has 150 valence electrons. The Labute approximate surface area is 187 Å². The molecule has 0 spiro atoms. The minimum atomic E-state index is 0.552. The molecule has 0 radical (unpaired) electrons. The molecule has 0 fully saturated rings. The number of hydrogen-bond acceptors (Lipinski definition) is 3. The van der Waals surface area contributed by atoms with E-state index in [1.807, 2.05) is 42.5 Å². The predicted molar refractivity (Wildman–Crippen MR) is 132 cm³/mol. The first kappa shape index (κ1) is 17.7. The van der Waals surface area contributed by atoms with Gasteiger partial charge in [0.2, 0.25) is 5.71 Å². The Balaban J connectivity index is 1.61. The van der Waals surface area contributed by atoms with E-state index in [2.05, 4.69) is 48.5 Å². The molecule has 2 aromatic heterocycles. The van der Waals surface area contributed by atoms with E-state index in [1.54, 1.807) is 0 Å². The van der Waals surface area contributed by atoms with Crippen molar-refractivity contribution in [3.05, 3.63) is 96.0 Å². The zero-order valence-electron chi connectivity index (χ0n) is 16.8. The standard InChI is InChI=1S/C28H15ClN2O/c29-18-7-5-6-16(14-18)17-12-13-24-23(15-17)27-28(32-24)31-26-22-11-4-2-9-20(22)19-8-1-3-10-21(19)25(26)30-27/h1-15H. The van der Waals surface area contributed by atoms with Crippen LogP contribution in [0.2, 0.25) is 5.02 Å². The summed E-state index contributed by atoms with van der Waals surface area (Å²) in [6.45, 7) is 0. The third-order valence-corrected chi connectivity index (χ3v) is 6.35. The molecule has 2 heterocycles. The quantitative estimate of drug-likeness (QED) is 0.246. The van der Waals surface area contributed by atoms with Crippen molar-refractivity contribution in [2.24, 2.45) is 0 Å². The lowest BCUT2D eigenvalue weighted by Crippen LogP contribution is -1.89. The molecule has 0 aliphatic rings. The number of nitrogens with zero attached hydrogens (tertiary/aromatic N) is 2. The highest BCUT2D eigenvalue weighted by atomic mass is 35.5. The molecule has 3 nitrogen and oxygen atoms in total. The summed E-state index contributed by atoms with van der Waals surface area (Å²) in [6.07, 6.45) is 0. The lowest BCUT2D eigenvalue weighted by molar-refractivity contribution is 0.655. The summed E-state index contributed by atoms with van der Waals surface area (Å²) in [4.78, 5) is 10.1. The second-order valence-electron chi connectivity index (χ2n) is 7.99. The fourth-order valence-corrected chi connectivity index (χ4v) is 4.84. The van der Waals surface area contributed by atoms with E-state index in [-0.39, 0.29) is 0 Å². The van der Waals surface area contributed by atoms with Gasteiger partial charge in [0.05, 0.1) is 5.52 Å². The molecule has 7 rings (SSSR count). The third kappa shape index (κ3) is 2.49. The van der Waals surface area contributed by atoms with Crippen molar-refractivity contribution >= 4 is 66.4 Å². The first-order valence-corrected chi connectivity index (χ1v) is 10.8. The minimum absolute atomic E-state index is 0.552. The summed E-state index contributed by atoms with van der Waals surface area (Å²) >= 11 is 6.21. The van der Waals surface area contributed by atoms with Crippen molar-refractivity contribution in [2.75, 3.05) is 0 Å². The van der Waals surface area contributed by atoms with Gasteiger partial charge in [0, 0.05) is 21.2 Å². The van der Waals surface area contributed by atoms with E-state index in [0.717, 1.165) is 49.4 Å². The minimum Gasteiger partial charge on any atom is -0.436 e. The summed E-state index contributed by atoms with van der Waals surface area (Å²) < 4.78 is 6.14. The van der Waals surface area contributed by atoms with Gasteiger partial charge in [-0.15, -0.1) is 0 Å². The average Bonchev–Trinajstić information content (AvgIpc) is 3.20. The molecule has 0 saturated heterocycles. The van der Waals surface area contributed by atoms with Gasteiger partial charge in [-0.25, -0.2) is 9.97 Å². The number of rotatable bonds is 1. The van der Waals surface area contributed by atoms with Crippen LogP contribution < -0.4 is 0 Å². The molecule has 0 aliphatic heterocycles. The Morgan fingerprint density at radius 3 is 1.91 bits per heavy atom. The zero-order valence-corrected chi connectivity index (χ0v) is 17.6. The van der Waals surface area contributed by atoms with Crippen LogP contribution in [-0.4, -0.2) is 9.97 Å². The lowest BCUT2D eigenvalue weighted by Gasteiger charge is -2.08. The molecule has 0 saturated carbocycles. The maximum atomic E-state index is 6.21. The van der Waals surface area contributed by atoms with Gasteiger partial charge in [0.25, 0.3) is 0 Å². The normalized spacial score (nSPS) is 11.9. The Kier molecular flexibility index (Phi) is 3.61.